The topological polar surface area (TPSA) is 88.5 Å². The monoisotopic (exact) mass is 314 g/mol. The van der Waals surface area contributed by atoms with Crippen LogP contribution in [0.5, 0.6) is 0 Å². The van der Waals surface area contributed by atoms with Crippen LogP contribution in [0.3, 0.4) is 0 Å². The summed E-state index contributed by atoms with van der Waals surface area (Å²) in [5.74, 6) is 1.13. The van der Waals surface area contributed by atoms with E-state index < -0.39 is 0 Å². The first-order chi connectivity index (χ1) is 10.7. The highest BCUT2D eigenvalue weighted by atomic mass is 32.2. The van der Waals surface area contributed by atoms with Gasteiger partial charge in [-0.1, -0.05) is 23.9 Å². The van der Waals surface area contributed by atoms with Gasteiger partial charge in [-0.25, -0.2) is 4.98 Å². The van der Waals surface area contributed by atoms with Crippen molar-refractivity contribution in [3.63, 3.8) is 0 Å². The first-order valence-electron chi connectivity index (χ1n) is 6.59. The molecule has 1 aromatic carbocycles. The van der Waals surface area contributed by atoms with Crippen LogP contribution < -0.4 is 5.32 Å². The number of aromatic nitrogens is 5. The van der Waals surface area contributed by atoms with Crippen LogP contribution in [0.4, 0.5) is 5.82 Å². The van der Waals surface area contributed by atoms with Crippen LogP contribution >= 0.6 is 11.8 Å². The first-order valence-corrected chi connectivity index (χ1v) is 7.57. The molecule has 0 aliphatic carbocycles. The molecule has 0 saturated heterocycles. The number of nitrogens with one attached hydrogen (secondary N) is 2. The van der Waals surface area contributed by atoms with Gasteiger partial charge in [0.05, 0.1) is 0 Å². The molecule has 2 heterocycles. The molecule has 3 rings (SSSR count). The van der Waals surface area contributed by atoms with Crippen LogP contribution in [0.25, 0.3) is 0 Å². The quantitative estimate of drug-likeness (QED) is 0.704. The molecule has 0 atom stereocenters. The van der Waals surface area contributed by atoms with Crippen LogP contribution in [-0.4, -0.2) is 30.9 Å². The number of hydrogen-bond donors (Lipinski definition) is 2. The zero-order valence-electron chi connectivity index (χ0n) is 11.9. The summed E-state index contributed by atoms with van der Waals surface area (Å²) in [4.78, 5) is 16.1. The van der Waals surface area contributed by atoms with E-state index in [-0.39, 0.29) is 5.91 Å². The van der Waals surface area contributed by atoms with Gasteiger partial charge in [0, 0.05) is 30.6 Å². The van der Waals surface area contributed by atoms with Crippen molar-refractivity contribution < 1.29 is 4.79 Å². The Morgan fingerprint density at radius 1 is 1.32 bits per heavy atom. The van der Waals surface area contributed by atoms with Gasteiger partial charge in [-0.15, -0.1) is 0 Å². The highest BCUT2D eigenvalue weighted by Crippen LogP contribution is 2.18. The van der Waals surface area contributed by atoms with Gasteiger partial charge in [-0.2, -0.15) is 10.2 Å². The van der Waals surface area contributed by atoms with E-state index in [0.717, 1.165) is 16.5 Å². The third-order valence-corrected chi connectivity index (χ3v) is 3.89. The number of nitrogens with zero attached hydrogens (tertiary/aromatic N) is 4. The second-order valence-corrected chi connectivity index (χ2v) is 5.57. The maximum Gasteiger partial charge on any atom is 0.256 e. The van der Waals surface area contributed by atoms with Gasteiger partial charge in [-0.3, -0.25) is 14.6 Å². The van der Waals surface area contributed by atoms with Crippen LogP contribution in [0, 0.1) is 0 Å². The Morgan fingerprint density at radius 2 is 2.14 bits per heavy atom. The minimum absolute atomic E-state index is 0.173. The molecule has 2 N–H and O–H groups in total. The van der Waals surface area contributed by atoms with Crippen molar-refractivity contribution in [2.24, 2.45) is 7.05 Å². The third-order valence-electron chi connectivity index (χ3n) is 2.94. The SMILES string of the molecule is Cn1ccc(NC(=O)c2ccc(CSc3ncn[nH]3)cc2)n1. The van der Waals surface area contributed by atoms with Gasteiger partial charge >= 0.3 is 0 Å². The Bertz CT molecular complexity index is 750. The Hall–Kier alpha value is -2.61. The summed E-state index contributed by atoms with van der Waals surface area (Å²) >= 11 is 1.56. The molecule has 0 aliphatic rings. The van der Waals surface area contributed by atoms with Gasteiger partial charge in [-0.05, 0) is 17.7 Å². The predicted molar refractivity (Wildman–Crippen MR) is 83.5 cm³/mol. The van der Waals surface area contributed by atoms with Crippen molar-refractivity contribution >= 4 is 23.5 Å². The number of aryl methyl sites for hydroxylation is 1. The van der Waals surface area contributed by atoms with Crippen molar-refractivity contribution in [3.05, 3.63) is 54.0 Å². The number of amides is 1. The molecular weight excluding hydrogens is 300 g/mol. The summed E-state index contributed by atoms with van der Waals surface area (Å²) in [5.41, 5.74) is 1.70. The van der Waals surface area contributed by atoms with Crippen molar-refractivity contribution in [1.82, 2.24) is 25.0 Å². The maximum atomic E-state index is 12.1. The number of aromatic amines is 1. The highest BCUT2D eigenvalue weighted by Gasteiger charge is 2.08. The molecule has 7 nitrogen and oxygen atoms in total. The van der Waals surface area contributed by atoms with Gasteiger partial charge < -0.3 is 5.32 Å². The van der Waals surface area contributed by atoms with Gasteiger partial charge in [0.1, 0.15) is 6.33 Å². The molecule has 0 aliphatic heterocycles. The van der Waals surface area contributed by atoms with Crippen molar-refractivity contribution in [2.45, 2.75) is 10.9 Å². The second kappa shape index (κ2) is 6.44. The summed E-state index contributed by atoms with van der Waals surface area (Å²) in [6.07, 6.45) is 3.26. The normalized spacial score (nSPS) is 10.6. The smallest absolute Gasteiger partial charge is 0.256 e. The number of thioether (sulfide) groups is 1. The minimum Gasteiger partial charge on any atom is -0.305 e. The fourth-order valence-electron chi connectivity index (χ4n) is 1.84. The summed E-state index contributed by atoms with van der Waals surface area (Å²) in [5, 5.41) is 14.2. The number of hydrogen-bond acceptors (Lipinski definition) is 5. The van der Waals surface area contributed by atoms with Gasteiger partial charge in [0.15, 0.2) is 11.0 Å². The van der Waals surface area contributed by atoms with E-state index in [2.05, 4.69) is 25.6 Å². The lowest BCUT2D eigenvalue weighted by molar-refractivity contribution is 0.102. The standard InChI is InChI=1S/C14H14N6OS/c1-20-7-6-12(19-20)17-13(21)11-4-2-10(3-5-11)8-22-14-15-9-16-18-14/h2-7,9H,8H2,1H3,(H,15,16,18)(H,17,19,21). The second-order valence-electron chi connectivity index (χ2n) is 4.60. The molecule has 0 bridgehead atoms. The zero-order chi connectivity index (χ0) is 15.4. The number of carbonyl (C=O) groups is 1. The molecule has 22 heavy (non-hydrogen) atoms. The minimum atomic E-state index is -0.173. The molecule has 112 valence electrons. The fourth-order valence-corrected chi connectivity index (χ4v) is 2.57. The molecule has 0 spiro atoms. The Balaban J connectivity index is 1.59. The lowest BCUT2D eigenvalue weighted by Crippen LogP contribution is -2.12. The van der Waals surface area contributed by atoms with Gasteiger partial charge in [0.2, 0.25) is 0 Å². The van der Waals surface area contributed by atoms with Gasteiger partial charge in [0.25, 0.3) is 5.91 Å². The summed E-state index contributed by atoms with van der Waals surface area (Å²) in [6.45, 7) is 0. The highest BCUT2D eigenvalue weighted by molar-refractivity contribution is 7.98. The number of benzene rings is 1. The Labute approximate surface area is 131 Å². The first kappa shape index (κ1) is 14.3. The van der Waals surface area contributed by atoms with E-state index in [1.165, 1.54) is 6.33 Å². The lowest BCUT2D eigenvalue weighted by atomic mass is 10.1. The summed E-state index contributed by atoms with van der Waals surface area (Å²) < 4.78 is 1.64. The molecule has 2 aromatic heterocycles. The van der Waals surface area contributed by atoms with Crippen molar-refractivity contribution in [1.29, 1.82) is 0 Å². The van der Waals surface area contributed by atoms with Crippen LogP contribution in [0.1, 0.15) is 15.9 Å². The van der Waals surface area contributed by atoms with E-state index in [1.807, 2.05) is 12.1 Å². The Morgan fingerprint density at radius 3 is 2.77 bits per heavy atom. The number of anilines is 1. The third kappa shape index (κ3) is 3.53. The molecule has 8 heteroatoms. The number of carbonyl (C=O) groups excluding carboxylic acids is 1. The van der Waals surface area contributed by atoms with Crippen molar-refractivity contribution in [3.8, 4) is 0 Å². The summed E-state index contributed by atoms with van der Waals surface area (Å²) in [7, 11) is 1.80. The molecule has 1 amide bonds. The van der Waals surface area contributed by atoms with E-state index in [9.17, 15) is 4.79 Å². The summed E-state index contributed by atoms with van der Waals surface area (Å²) in [6, 6.07) is 9.21. The average molecular weight is 314 g/mol. The largest absolute Gasteiger partial charge is 0.305 e. The molecule has 0 fully saturated rings. The zero-order valence-corrected chi connectivity index (χ0v) is 12.7. The van der Waals surface area contributed by atoms with Crippen molar-refractivity contribution in [2.75, 3.05) is 5.32 Å². The Kier molecular flexibility index (Phi) is 4.19. The number of H-pyrrole nitrogens is 1. The van der Waals surface area contributed by atoms with E-state index >= 15 is 0 Å². The fraction of sp³-hybridized carbons (Fsp3) is 0.143. The van der Waals surface area contributed by atoms with Crippen LogP contribution in [-0.2, 0) is 12.8 Å². The number of rotatable bonds is 5. The van der Waals surface area contributed by atoms with Crippen LogP contribution in [0.2, 0.25) is 0 Å². The van der Waals surface area contributed by atoms with E-state index in [0.29, 0.717) is 11.4 Å². The molecule has 0 saturated carbocycles. The van der Waals surface area contributed by atoms with E-state index in [1.54, 1.807) is 47.9 Å². The average Bonchev–Trinajstić information content (AvgIpc) is 3.17. The van der Waals surface area contributed by atoms with Crippen LogP contribution in [0.15, 0.2) is 48.0 Å². The molecular formula is C14H14N6OS. The lowest BCUT2D eigenvalue weighted by Gasteiger charge is -2.04. The molecule has 0 radical (unpaired) electrons. The molecule has 3 aromatic rings. The maximum absolute atomic E-state index is 12.1. The van der Waals surface area contributed by atoms with E-state index in [4.69, 9.17) is 0 Å². The molecule has 0 unspecified atom stereocenters. The predicted octanol–water partition coefficient (Wildman–Crippen LogP) is 2.08.